The molecule has 19 heavy (non-hydrogen) atoms. The second-order valence-corrected chi connectivity index (χ2v) is 5.86. The van der Waals surface area contributed by atoms with Crippen LogP contribution in [0.3, 0.4) is 0 Å². The summed E-state index contributed by atoms with van der Waals surface area (Å²) in [7, 11) is 0. The van der Waals surface area contributed by atoms with Crippen LogP contribution in [0.1, 0.15) is 38.8 Å². The Morgan fingerprint density at radius 2 is 2.11 bits per heavy atom. The van der Waals surface area contributed by atoms with Gasteiger partial charge in [-0.3, -0.25) is 0 Å². The molecule has 4 nitrogen and oxygen atoms in total. The van der Waals surface area contributed by atoms with Crippen molar-refractivity contribution in [3.05, 3.63) is 17.8 Å². The third kappa shape index (κ3) is 3.06. The molecular formula is C15H23N3O. The van der Waals surface area contributed by atoms with E-state index in [1.54, 1.807) is 0 Å². The molecule has 1 saturated carbocycles. The van der Waals surface area contributed by atoms with Gasteiger partial charge in [0.05, 0.1) is 17.9 Å². The summed E-state index contributed by atoms with van der Waals surface area (Å²) >= 11 is 0. The summed E-state index contributed by atoms with van der Waals surface area (Å²) in [6.45, 7) is 6.21. The van der Waals surface area contributed by atoms with Crippen LogP contribution in [0.15, 0.2) is 12.1 Å². The summed E-state index contributed by atoms with van der Waals surface area (Å²) in [5.41, 5.74) is 1.09. The van der Waals surface area contributed by atoms with Crippen LogP contribution in [0.25, 0.3) is 0 Å². The van der Waals surface area contributed by atoms with E-state index < -0.39 is 0 Å². The van der Waals surface area contributed by atoms with Crippen LogP contribution < -0.4 is 4.90 Å². The highest BCUT2D eigenvalue weighted by Crippen LogP contribution is 2.37. The molecule has 0 aromatic carbocycles. The summed E-state index contributed by atoms with van der Waals surface area (Å²) in [5, 5.41) is 8.71. The van der Waals surface area contributed by atoms with Gasteiger partial charge in [0.2, 0.25) is 0 Å². The van der Waals surface area contributed by atoms with E-state index in [1.807, 2.05) is 0 Å². The van der Waals surface area contributed by atoms with Crippen LogP contribution >= 0.6 is 0 Å². The molecular weight excluding hydrogens is 238 g/mol. The lowest BCUT2D eigenvalue weighted by atomic mass is 10.1. The minimum absolute atomic E-state index is 0.288. The van der Waals surface area contributed by atoms with Gasteiger partial charge in [-0.2, -0.15) is 5.10 Å². The molecule has 2 atom stereocenters. The smallest absolute Gasteiger partial charge is 0.151 e. The Kier molecular flexibility index (Phi) is 3.69. The highest BCUT2D eigenvalue weighted by Gasteiger charge is 2.37. The molecule has 104 valence electrons. The molecule has 3 rings (SSSR count). The van der Waals surface area contributed by atoms with E-state index in [0.717, 1.165) is 43.4 Å². The Morgan fingerprint density at radius 1 is 1.26 bits per heavy atom. The molecule has 1 saturated heterocycles. The van der Waals surface area contributed by atoms with E-state index in [4.69, 9.17) is 4.74 Å². The van der Waals surface area contributed by atoms with Gasteiger partial charge in [-0.15, -0.1) is 5.10 Å². The Labute approximate surface area is 115 Å². The van der Waals surface area contributed by atoms with E-state index >= 15 is 0 Å². The van der Waals surface area contributed by atoms with Gasteiger partial charge in [0.1, 0.15) is 0 Å². The number of morpholine rings is 1. The summed E-state index contributed by atoms with van der Waals surface area (Å²) in [6.07, 6.45) is 5.46. The van der Waals surface area contributed by atoms with Crippen molar-refractivity contribution in [3.63, 3.8) is 0 Å². The van der Waals surface area contributed by atoms with Gasteiger partial charge < -0.3 is 9.64 Å². The fourth-order valence-electron chi connectivity index (χ4n) is 2.81. The summed E-state index contributed by atoms with van der Waals surface area (Å²) in [6, 6.07) is 4.22. The Balaban J connectivity index is 1.69. The predicted octanol–water partition coefficient (Wildman–Crippen LogP) is 2.43. The number of hydrogen-bond acceptors (Lipinski definition) is 4. The fourth-order valence-corrected chi connectivity index (χ4v) is 2.81. The van der Waals surface area contributed by atoms with Crippen LogP contribution in [0, 0.1) is 5.92 Å². The number of aryl methyl sites for hydroxylation is 1. The zero-order valence-corrected chi connectivity index (χ0v) is 11.9. The molecule has 4 heteroatoms. The van der Waals surface area contributed by atoms with Gasteiger partial charge >= 0.3 is 0 Å². The summed E-state index contributed by atoms with van der Waals surface area (Å²) in [5.74, 6) is 1.78. The van der Waals surface area contributed by atoms with Crippen molar-refractivity contribution in [1.29, 1.82) is 0 Å². The van der Waals surface area contributed by atoms with Crippen molar-refractivity contribution in [2.75, 3.05) is 18.0 Å². The first-order valence-electron chi connectivity index (χ1n) is 7.49. The maximum atomic E-state index is 6.03. The van der Waals surface area contributed by atoms with Gasteiger partial charge in [-0.1, -0.05) is 13.3 Å². The zero-order valence-electron chi connectivity index (χ0n) is 11.9. The van der Waals surface area contributed by atoms with Crippen LogP contribution in [-0.2, 0) is 11.2 Å². The zero-order chi connectivity index (χ0) is 13.2. The van der Waals surface area contributed by atoms with E-state index in [-0.39, 0.29) is 6.10 Å². The average molecular weight is 261 g/mol. The second kappa shape index (κ2) is 5.45. The first kappa shape index (κ1) is 12.9. The van der Waals surface area contributed by atoms with Gasteiger partial charge in [-0.25, -0.2) is 0 Å². The number of hydrogen-bond donors (Lipinski definition) is 0. The topological polar surface area (TPSA) is 38.2 Å². The quantitative estimate of drug-likeness (QED) is 0.834. The first-order chi connectivity index (χ1) is 9.26. The lowest BCUT2D eigenvalue weighted by molar-refractivity contribution is -0.0274. The normalized spacial score (nSPS) is 27.6. The Hall–Kier alpha value is -1.16. The lowest BCUT2D eigenvalue weighted by Gasteiger charge is -2.37. The largest absolute Gasteiger partial charge is 0.371 e. The molecule has 1 aromatic heterocycles. The van der Waals surface area contributed by atoms with E-state index in [9.17, 15) is 0 Å². The number of anilines is 1. The predicted molar refractivity (Wildman–Crippen MR) is 75.3 cm³/mol. The molecule has 0 bridgehead atoms. The second-order valence-electron chi connectivity index (χ2n) is 5.86. The standard InChI is InChI=1S/C15H23N3O/c1-3-4-13-7-8-15(17-16-13)18-9-11(2)19-14(10-18)12-5-6-12/h7-8,11-12,14H,3-6,9-10H2,1-2H3/t11-,14-/m1/s1. The van der Waals surface area contributed by atoms with Crippen molar-refractivity contribution >= 4 is 5.82 Å². The number of aromatic nitrogens is 2. The maximum Gasteiger partial charge on any atom is 0.151 e. The molecule has 0 radical (unpaired) electrons. The van der Waals surface area contributed by atoms with Crippen LogP contribution in [-0.4, -0.2) is 35.5 Å². The molecule has 1 aromatic rings. The van der Waals surface area contributed by atoms with Crippen LogP contribution in [0.4, 0.5) is 5.82 Å². The lowest BCUT2D eigenvalue weighted by Crippen LogP contribution is -2.47. The van der Waals surface area contributed by atoms with Gasteiger partial charge in [0.15, 0.2) is 5.82 Å². The molecule has 2 aliphatic rings. The van der Waals surface area contributed by atoms with Crippen molar-refractivity contribution in [3.8, 4) is 0 Å². The summed E-state index contributed by atoms with van der Waals surface area (Å²) in [4.78, 5) is 2.33. The fraction of sp³-hybridized carbons (Fsp3) is 0.733. The molecule has 1 aliphatic carbocycles. The number of ether oxygens (including phenoxy) is 1. The van der Waals surface area contributed by atoms with E-state index in [2.05, 4.69) is 41.1 Å². The molecule has 0 amide bonds. The molecule has 2 heterocycles. The first-order valence-corrected chi connectivity index (χ1v) is 7.49. The molecule has 2 fully saturated rings. The van der Waals surface area contributed by atoms with Crippen molar-refractivity contribution in [1.82, 2.24) is 10.2 Å². The van der Waals surface area contributed by atoms with Gasteiger partial charge in [0.25, 0.3) is 0 Å². The van der Waals surface area contributed by atoms with Crippen molar-refractivity contribution in [2.24, 2.45) is 5.92 Å². The Bertz CT molecular complexity index is 416. The SMILES string of the molecule is CCCc1ccc(N2C[C@@H](C)O[C@@H](C3CC3)C2)nn1. The molecule has 1 aliphatic heterocycles. The van der Waals surface area contributed by atoms with Gasteiger partial charge in [0, 0.05) is 13.1 Å². The highest BCUT2D eigenvalue weighted by molar-refractivity contribution is 5.38. The van der Waals surface area contributed by atoms with Gasteiger partial charge in [-0.05, 0) is 44.2 Å². The average Bonchev–Trinajstić information content (AvgIpc) is 3.23. The highest BCUT2D eigenvalue weighted by atomic mass is 16.5. The van der Waals surface area contributed by atoms with Crippen LogP contribution in [0.2, 0.25) is 0 Å². The molecule has 0 spiro atoms. The van der Waals surface area contributed by atoms with E-state index in [1.165, 1.54) is 12.8 Å². The summed E-state index contributed by atoms with van der Waals surface area (Å²) < 4.78 is 6.03. The van der Waals surface area contributed by atoms with Crippen molar-refractivity contribution < 1.29 is 4.74 Å². The molecule has 0 unspecified atom stereocenters. The Morgan fingerprint density at radius 3 is 2.74 bits per heavy atom. The third-order valence-electron chi connectivity index (χ3n) is 3.97. The minimum atomic E-state index is 0.288. The third-order valence-corrected chi connectivity index (χ3v) is 3.97. The number of nitrogens with zero attached hydrogens (tertiary/aromatic N) is 3. The molecule has 0 N–H and O–H groups in total. The van der Waals surface area contributed by atoms with E-state index in [0.29, 0.717) is 6.10 Å². The number of rotatable bonds is 4. The minimum Gasteiger partial charge on any atom is -0.371 e. The van der Waals surface area contributed by atoms with Crippen molar-refractivity contribution in [2.45, 2.75) is 51.7 Å². The monoisotopic (exact) mass is 261 g/mol. The van der Waals surface area contributed by atoms with Crippen LogP contribution in [0.5, 0.6) is 0 Å². The maximum absolute atomic E-state index is 6.03.